The summed E-state index contributed by atoms with van der Waals surface area (Å²) in [5, 5.41) is 3.51. The van der Waals surface area contributed by atoms with Crippen LogP contribution in [0, 0.1) is 5.92 Å². The highest BCUT2D eigenvalue weighted by atomic mass is 15.1. The van der Waals surface area contributed by atoms with Crippen molar-refractivity contribution >= 4 is 5.69 Å². The SMILES string of the molecule is CCC(CC)CN(CC)c1cnccc1CNC(C)C. The van der Waals surface area contributed by atoms with Crippen molar-refractivity contribution in [3.63, 3.8) is 0 Å². The first kappa shape index (κ1) is 17.0. The van der Waals surface area contributed by atoms with Crippen molar-refractivity contribution in [2.24, 2.45) is 5.92 Å². The summed E-state index contributed by atoms with van der Waals surface area (Å²) in [5.41, 5.74) is 2.64. The minimum atomic E-state index is 0.505. The van der Waals surface area contributed by atoms with Crippen molar-refractivity contribution in [2.75, 3.05) is 18.0 Å². The van der Waals surface area contributed by atoms with Crippen LogP contribution in [0.25, 0.3) is 0 Å². The highest BCUT2D eigenvalue weighted by molar-refractivity contribution is 5.51. The molecule has 0 radical (unpaired) electrons. The highest BCUT2D eigenvalue weighted by Crippen LogP contribution is 2.22. The molecule has 0 atom stereocenters. The lowest BCUT2D eigenvalue weighted by Crippen LogP contribution is -2.31. The topological polar surface area (TPSA) is 28.2 Å². The molecule has 0 bridgehead atoms. The van der Waals surface area contributed by atoms with E-state index in [1.54, 1.807) is 0 Å². The molecular weight excluding hydrogens is 246 g/mol. The highest BCUT2D eigenvalue weighted by Gasteiger charge is 2.14. The average molecular weight is 277 g/mol. The van der Waals surface area contributed by atoms with E-state index >= 15 is 0 Å². The van der Waals surface area contributed by atoms with Gasteiger partial charge in [0.25, 0.3) is 0 Å². The fraction of sp³-hybridized carbons (Fsp3) is 0.706. The van der Waals surface area contributed by atoms with Gasteiger partial charge in [-0.05, 0) is 24.5 Å². The van der Waals surface area contributed by atoms with Crippen molar-refractivity contribution in [1.29, 1.82) is 0 Å². The van der Waals surface area contributed by atoms with E-state index < -0.39 is 0 Å². The number of anilines is 1. The minimum Gasteiger partial charge on any atom is -0.370 e. The third kappa shape index (κ3) is 5.12. The lowest BCUT2D eigenvalue weighted by atomic mass is 10.0. The van der Waals surface area contributed by atoms with E-state index in [1.807, 2.05) is 12.4 Å². The monoisotopic (exact) mass is 277 g/mol. The summed E-state index contributed by atoms with van der Waals surface area (Å²) in [7, 11) is 0. The molecule has 0 aliphatic carbocycles. The molecule has 3 heteroatoms. The molecule has 0 unspecified atom stereocenters. The average Bonchev–Trinajstić information content (AvgIpc) is 2.47. The van der Waals surface area contributed by atoms with E-state index in [2.05, 4.69) is 55.9 Å². The molecule has 0 fully saturated rings. The van der Waals surface area contributed by atoms with Crippen molar-refractivity contribution in [3.8, 4) is 0 Å². The molecule has 0 saturated heterocycles. The maximum Gasteiger partial charge on any atom is 0.0598 e. The number of nitrogens with zero attached hydrogens (tertiary/aromatic N) is 2. The van der Waals surface area contributed by atoms with Crippen LogP contribution in [0.4, 0.5) is 5.69 Å². The molecule has 0 spiro atoms. The Hall–Kier alpha value is -1.09. The van der Waals surface area contributed by atoms with E-state index in [0.717, 1.165) is 25.6 Å². The lowest BCUT2D eigenvalue weighted by molar-refractivity contribution is 0.484. The molecule has 0 aliphatic heterocycles. The van der Waals surface area contributed by atoms with Crippen LogP contribution in [0.3, 0.4) is 0 Å². The largest absolute Gasteiger partial charge is 0.370 e. The van der Waals surface area contributed by atoms with Gasteiger partial charge in [0.15, 0.2) is 0 Å². The van der Waals surface area contributed by atoms with Crippen LogP contribution in [-0.2, 0) is 6.54 Å². The van der Waals surface area contributed by atoms with Gasteiger partial charge < -0.3 is 10.2 Å². The van der Waals surface area contributed by atoms with E-state index in [9.17, 15) is 0 Å². The Kier molecular flexibility index (Phi) is 7.60. The Bertz CT molecular complexity index is 372. The van der Waals surface area contributed by atoms with Crippen LogP contribution in [0.1, 0.15) is 53.0 Å². The van der Waals surface area contributed by atoms with Gasteiger partial charge in [-0.1, -0.05) is 40.5 Å². The normalized spacial score (nSPS) is 11.3. The first-order valence-corrected chi connectivity index (χ1v) is 8.03. The number of nitrogens with one attached hydrogen (secondary N) is 1. The molecule has 114 valence electrons. The molecule has 0 aliphatic rings. The molecule has 20 heavy (non-hydrogen) atoms. The second-order valence-corrected chi connectivity index (χ2v) is 5.76. The van der Waals surface area contributed by atoms with Crippen molar-refractivity contribution < 1.29 is 0 Å². The van der Waals surface area contributed by atoms with Gasteiger partial charge in [0.05, 0.1) is 11.9 Å². The van der Waals surface area contributed by atoms with Gasteiger partial charge >= 0.3 is 0 Å². The quantitative estimate of drug-likeness (QED) is 0.743. The van der Waals surface area contributed by atoms with Gasteiger partial charge in [-0.15, -0.1) is 0 Å². The minimum absolute atomic E-state index is 0.505. The zero-order valence-electron chi connectivity index (χ0n) is 13.8. The fourth-order valence-corrected chi connectivity index (χ4v) is 2.42. The number of hydrogen-bond donors (Lipinski definition) is 1. The van der Waals surface area contributed by atoms with Crippen LogP contribution in [0.15, 0.2) is 18.5 Å². The molecule has 0 saturated carbocycles. The van der Waals surface area contributed by atoms with Crippen LogP contribution < -0.4 is 10.2 Å². The Morgan fingerprint density at radius 1 is 1.20 bits per heavy atom. The molecule has 0 aromatic carbocycles. The maximum atomic E-state index is 4.33. The summed E-state index contributed by atoms with van der Waals surface area (Å²) in [5.74, 6) is 0.765. The number of rotatable bonds is 9. The van der Waals surface area contributed by atoms with Crippen LogP contribution in [0.2, 0.25) is 0 Å². The van der Waals surface area contributed by atoms with Crippen molar-refractivity contribution in [2.45, 2.75) is 60.0 Å². The predicted octanol–water partition coefficient (Wildman–Crippen LogP) is 3.84. The molecule has 0 amide bonds. The van der Waals surface area contributed by atoms with E-state index in [-0.39, 0.29) is 0 Å². The van der Waals surface area contributed by atoms with E-state index in [0.29, 0.717) is 6.04 Å². The Balaban J connectivity index is 2.85. The predicted molar refractivity (Wildman–Crippen MR) is 88.2 cm³/mol. The van der Waals surface area contributed by atoms with Gasteiger partial charge in [-0.25, -0.2) is 0 Å². The lowest BCUT2D eigenvalue weighted by Gasteiger charge is -2.29. The van der Waals surface area contributed by atoms with Crippen LogP contribution in [0.5, 0.6) is 0 Å². The first-order chi connectivity index (χ1) is 9.62. The second kappa shape index (κ2) is 8.96. The Morgan fingerprint density at radius 2 is 1.90 bits per heavy atom. The fourth-order valence-electron chi connectivity index (χ4n) is 2.42. The van der Waals surface area contributed by atoms with Gasteiger partial charge in [0.1, 0.15) is 0 Å². The molecule has 1 rings (SSSR count). The van der Waals surface area contributed by atoms with E-state index in [4.69, 9.17) is 0 Å². The smallest absolute Gasteiger partial charge is 0.0598 e. The zero-order valence-corrected chi connectivity index (χ0v) is 13.8. The number of hydrogen-bond acceptors (Lipinski definition) is 3. The second-order valence-electron chi connectivity index (χ2n) is 5.76. The van der Waals surface area contributed by atoms with Crippen LogP contribution >= 0.6 is 0 Å². The molecule has 3 nitrogen and oxygen atoms in total. The van der Waals surface area contributed by atoms with Gasteiger partial charge in [0, 0.05) is 31.9 Å². The zero-order chi connectivity index (χ0) is 15.0. The summed E-state index contributed by atoms with van der Waals surface area (Å²) in [4.78, 5) is 6.81. The maximum absolute atomic E-state index is 4.33. The van der Waals surface area contributed by atoms with E-state index in [1.165, 1.54) is 24.1 Å². The number of aromatic nitrogens is 1. The molecule has 1 heterocycles. The molecular formula is C17H31N3. The standard InChI is InChI=1S/C17H31N3/c1-6-15(7-2)13-20(8-3)17-12-18-10-9-16(17)11-19-14(4)5/h9-10,12,14-15,19H,6-8,11,13H2,1-5H3. The molecule has 1 aromatic heterocycles. The number of pyridine rings is 1. The van der Waals surface area contributed by atoms with Crippen molar-refractivity contribution in [3.05, 3.63) is 24.0 Å². The summed E-state index contributed by atoms with van der Waals surface area (Å²) in [6, 6.07) is 2.64. The summed E-state index contributed by atoms with van der Waals surface area (Å²) < 4.78 is 0. The summed E-state index contributed by atoms with van der Waals surface area (Å²) in [6.45, 7) is 14.2. The third-order valence-corrected chi connectivity index (χ3v) is 3.94. The van der Waals surface area contributed by atoms with Gasteiger partial charge in [0.2, 0.25) is 0 Å². The summed E-state index contributed by atoms with van der Waals surface area (Å²) in [6.07, 6.45) is 6.40. The Morgan fingerprint density at radius 3 is 2.45 bits per heavy atom. The van der Waals surface area contributed by atoms with Gasteiger partial charge in [-0.2, -0.15) is 0 Å². The molecule has 1 aromatic rings. The summed E-state index contributed by atoms with van der Waals surface area (Å²) >= 11 is 0. The van der Waals surface area contributed by atoms with Crippen molar-refractivity contribution in [1.82, 2.24) is 10.3 Å². The van der Waals surface area contributed by atoms with Gasteiger partial charge in [-0.3, -0.25) is 4.98 Å². The third-order valence-electron chi connectivity index (χ3n) is 3.94. The Labute approximate surface area is 124 Å². The van der Waals surface area contributed by atoms with Crippen LogP contribution in [-0.4, -0.2) is 24.1 Å². The molecule has 1 N–H and O–H groups in total. The first-order valence-electron chi connectivity index (χ1n) is 8.03.